The van der Waals surface area contributed by atoms with E-state index in [4.69, 9.17) is 11.6 Å². The van der Waals surface area contributed by atoms with Crippen LogP contribution in [0.5, 0.6) is 0 Å². The highest BCUT2D eigenvalue weighted by Gasteiger charge is 2.27. The molecule has 0 radical (unpaired) electrons. The molecule has 2 heterocycles. The zero-order chi connectivity index (χ0) is 21.8. The summed E-state index contributed by atoms with van der Waals surface area (Å²) in [7, 11) is 0. The third-order valence-electron chi connectivity index (χ3n) is 5.29. The molecule has 31 heavy (non-hydrogen) atoms. The number of piperidine rings is 1. The molecule has 0 saturated carbocycles. The number of thioether (sulfide) groups is 1. The molecule has 2 aromatic carbocycles. The van der Waals surface area contributed by atoms with E-state index in [1.54, 1.807) is 42.1 Å². The van der Waals surface area contributed by atoms with Gasteiger partial charge in [0.25, 0.3) is 5.56 Å². The van der Waals surface area contributed by atoms with Gasteiger partial charge in [0.1, 0.15) is 5.82 Å². The molecule has 8 heteroatoms. The molecule has 1 N–H and O–H groups in total. The van der Waals surface area contributed by atoms with Crippen LogP contribution in [-0.2, 0) is 4.79 Å². The third-order valence-corrected chi connectivity index (χ3v) is 6.25. The topological polar surface area (TPSA) is 67.2 Å². The Morgan fingerprint density at radius 2 is 2.00 bits per heavy atom. The lowest BCUT2D eigenvalue weighted by Crippen LogP contribution is -2.41. The van der Waals surface area contributed by atoms with Crippen LogP contribution < -0.4 is 15.8 Å². The minimum atomic E-state index is -0.231. The molecule has 1 aromatic heterocycles. The van der Waals surface area contributed by atoms with E-state index in [1.165, 1.54) is 10.7 Å². The zero-order valence-corrected chi connectivity index (χ0v) is 18.7. The summed E-state index contributed by atoms with van der Waals surface area (Å²) in [5.74, 6) is 0.521. The molecule has 0 aliphatic carbocycles. The molecule has 1 fully saturated rings. The second-order valence-corrected chi connectivity index (χ2v) is 8.74. The second-order valence-electron chi connectivity index (χ2n) is 7.43. The van der Waals surface area contributed by atoms with Gasteiger partial charge in [-0.25, -0.2) is 0 Å². The predicted molar refractivity (Wildman–Crippen MR) is 127 cm³/mol. The Balaban J connectivity index is 1.51. The molecule has 0 bridgehead atoms. The number of hydrogen-bond donors (Lipinski definition) is 1. The number of carbonyl (C=O) groups is 1. The highest BCUT2D eigenvalue weighted by Crippen LogP contribution is 2.24. The average molecular weight is 455 g/mol. The van der Waals surface area contributed by atoms with Crippen LogP contribution in [0.25, 0.3) is 5.69 Å². The molecule has 1 aliphatic heterocycles. The molecule has 1 atom stereocenters. The minimum Gasteiger partial charge on any atom is -0.354 e. The maximum Gasteiger partial charge on any atom is 0.271 e. The van der Waals surface area contributed by atoms with Gasteiger partial charge in [0, 0.05) is 34.8 Å². The van der Waals surface area contributed by atoms with Gasteiger partial charge in [-0.3, -0.25) is 9.59 Å². The van der Waals surface area contributed by atoms with Crippen molar-refractivity contribution in [3.05, 3.63) is 76.0 Å². The first-order valence-corrected chi connectivity index (χ1v) is 11.7. The number of amides is 1. The Hall–Kier alpha value is -2.77. The molecule has 1 unspecified atom stereocenters. The summed E-state index contributed by atoms with van der Waals surface area (Å²) in [6.45, 7) is 1.33. The number of carbonyl (C=O) groups excluding carboxylic acids is 1. The Kier molecular flexibility index (Phi) is 6.63. The lowest BCUT2D eigenvalue weighted by molar-refractivity contribution is -0.120. The van der Waals surface area contributed by atoms with Crippen LogP contribution in [0, 0.1) is 5.92 Å². The van der Waals surface area contributed by atoms with Crippen molar-refractivity contribution in [2.45, 2.75) is 17.7 Å². The summed E-state index contributed by atoms with van der Waals surface area (Å²) in [5.41, 5.74) is 1.19. The maximum atomic E-state index is 12.9. The van der Waals surface area contributed by atoms with Gasteiger partial charge < -0.3 is 10.2 Å². The van der Waals surface area contributed by atoms with Crippen molar-refractivity contribution in [2.75, 3.05) is 29.6 Å². The van der Waals surface area contributed by atoms with Gasteiger partial charge in [0.15, 0.2) is 0 Å². The van der Waals surface area contributed by atoms with Crippen LogP contribution in [-0.4, -0.2) is 35.0 Å². The smallest absolute Gasteiger partial charge is 0.271 e. The van der Waals surface area contributed by atoms with Crippen LogP contribution in [0.4, 0.5) is 11.5 Å². The van der Waals surface area contributed by atoms with Crippen LogP contribution in [0.2, 0.25) is 5.02 Å². The van der Waals surface area contributed by atoms with Crippen LogP contribution in [0.15, 0.2) is 70.4 Å². The van der Waals surface area contributed by atoms with E-state index in [2.05, 4.69) is 15.3 Å². The zero-order valence-electron chi connectivity index (χ0n) is 17.1. The molecule has 3 aromatic rings. The number of rotatable bonds is 5. The third kappa shape index (κ3) is 5.11. The summed E-state index contributed by atoms with van der Waals surface area (Å²) >= 11 is 7.72. The van der Waals surface area contributed by atoms with Gasteiger partial charge in [-0.15, -0.1) is 16.9 Å². The summed E-state index contributed by atoms with van der Waals surface area (Å²) < 4.78 is 1.35. The highest BCUT2D eigenvalue weighted by atomic mass is 35.5. The van der Waals surface area contributed by atoms with Gasteiger partial charge in [0.2, 0.25) is 5.91 Å². The fourth-order valence-electron chi connectivity index (χ4n) is 3.71. The van der Waals surface area contributed by atoms with E-state index in [0.717, 1.165) is 30.0 Å². The summed E-state index contributed by atoms with van der Waals surface area (Å²) in [6, 6.07) is 18.1. The molecule has 0 spiro atoms. The van der Waals surface area contributed by atoms with Crippen molar-refractivity contribution >= 4 is 40.8 Å². The standard InChI is InChI=1S/C23H23ClN4O2S/c1-31-20-9-3-7-18(14-20)25-23(30)16-5-4-12-27(15-16)21-10-11-22(29)28(26-21)19-8-2-6-17(24)13-19/h2-3,6-11,13-14,16H,4-5,12,15H2,1H3,(H,25,30). The number of hydrogen-bond acceptors (Lipinski definition) is 5. The predicted octanol–water partition coefficient (Wildman–Crippen LogP) is 4.46. The minimum absolute atomic E-state index is 0.00566. The van der Waals surface area contributed by atoms with E-state index in [0.29, 0.717) is 23.1 Å². The molecular formula is C23H23ClN4O2S. The van der Waals surface area contributed by atoms with Crippen LogP contribution >= 0.6 is 23.4 Å². The van der Waals surface area contributed by atoms with Gasteiger partial charge in [-0.05, 0) is 61.6 Å². The van der Waals surface area contributed by atoms with Gasteiger partial charge in [-0.1, -0.05) is 23.7 Å². The lowest BCUT2D eigenvalue weighted by atomic mass is 9.97. The van der Waals surface area contributed by atoms with Crippen molar-refractivity contribution in [2.24, 2.45) is 5.92 Å². The number of benzene rings is 2. The molecule has 1 amide bonds. The molecule has 160 valence electrons. The maximum absolute atomic E-state index is 12.9. The first-order valence-electron chi connectivity index (χ1n) is 10.1. The normalized spacial score (nSPS) is 16.2. The summed E-state index contributed by atoms with van der Waals surface area (Å²) in [4.78, 5) is 28.4. The Morgan fingerprint density at radius 3 is 2.81 bits per heavy atom. The number of nitrogens with one attached hydrogen (secondary N) is 1. The molecule has 1 aliphatic rings. The molecular weight excluding hydrogens is 432 g/mol. The fraction of sp³-hybridized carbons (Fsp3) is 0.261. The Morgan fingerprint density at radius 1 is 1.16 bits per heavy atom. The van der Waals surface area contributed by atoms with Gasteiger partial charge >= 0.3 is 0 Å². The van der Waals surface area contributed by atoms with Gasteiger partial charge in [0.05, 0.1) is 11.6 Å². The summed E-state index contributed by atoms with van der Waals surface area (Å²) in [6.07, 6.45) is 3.70. The first kappa shape index (κ1) is 21.5. The molecule has 1 saturated heterocycles. The largest absolute Gasteiger partial charge is 0.354 e. The van der Waals surface area contributed by atoms with E-state index >= 15 is 0 Å². The number of halogens is 1. The average Bonchev–Trinajstić information content (AvgIpc) is 2.79. The van der Waals surface area contributed by atoms with Crippen LogP contribution in [0.1, 0.15) is 12.8 Å². The Labute approximate surface area is 190 Å². The fourth-order valence-corrected chi connectivity index (χ4v) is 4.35. The van der Waals surface area contributed by atoms with E-state index in [-0.39, 0.29) is 17.4 Å². The lowest BCUT2D eigenvalue weighted by Gasteiger charge is -2.33. The van der Waals surface area contributed by atoms with Crippen molar-refractivity contribution in [1.82, 2.24) is 9.78 Å². The second kappa shape index (κ2) is 9.58. The van der Waals surface area contributed by atoms with Crippen molar-refractivity contribution in [3.8, 4) is 5.69 Å². The quantitative estimate of drug-likeness (QED) is 0.576. The van der Waals surface area contributed by atoms with E-state index in [9.17, 15) is 9.59 Å². The van der Waals surface area contributed by atoms with Crippen LogP contribution in [0.3, 0.4) is 0 Å². The van der Waals surface area contributed by atoms with Gasteiger partial charge in [-0.2, -0.15) is 4.68 Å². The molecule has 4 rings (SSSR count). The SMILES string of the molecule is CSc1cccc(NC(=O)C2CCCN(c3ccc(=O)n(-c4cccc(Cl)c4)n3)C2)c1. The van der Waals surface area contributed by atoms with E-state index in [1.807, 2.05) is 30.5 Å². The molecule has 6 nitrogen and oxygen atoms in total. The van der Waals surface area contributed by atoms with Crippen molar-refractivity contribution < 1.29 is 4.79 Å². The van der Waals surface area contributed by atoms with Crippen molar-refractivity contribution in [1.29, 1.82) is 0 Å². The number of nitrogens with zero attached hydrogens (tertiary/aromatic N) is 3. The van der Waals surface area contributed by atoms with E-state index < -0.39 is 0 Å². The first-order chi connectivity index (χ1) is 15.0. The number of aromatic nitrogens is 2. The highest BCUT2D eigenvalue weighted by molar-refractivity contribution is 7.98. The number of anilines is 2. The monoisotopic (exact) mass is 454 g/mol. The summed E-state index contributed by atoms with van der Waals surface area (Å²) in [5, 5.41) is 8.13. The van der Waals surface area contributed by atoms with Crippen molar-refractivity contribution in [3.63, 3.8) is 0 Å². The Bertz CT molecular complexity index is 1150.